The smallest absolute Gasteiger partial charge is 0.406 e. The number of hydrogen-bond acceptors (Lipinski definition) is 3. The minimum Gasteiger partial charge on any atom is -0.453 e. The Morgan fingerprint density at radius 2 is 2.40 bits per heavy atom. The molecule has 0 saturated heterocycles. The summed E-state index contributed by atoms with van der Waals surface area (Å²) in [7, 11) is 1.28. The monoisotopic (exact) mass is 145 g/mol. The van der Waals surface area contributed by atoms with Crippen LogP contribution in [0.3, 0.4) is 0 Å². The first-order valence-electron chi connectivity index (χ1n) is 2.81. The summed E-state index contributed by atoms with van der Waals surface area (Å²) in [6.45, 7) is 0.349. The molecule has 0 unspecified atom stereocenters. The molecule has 0 aliphatic rings. The average Bonchev–Trinajstić information content (AvgIpc) is 1.87. The highest BCUT2D eigenvalue weighted by molar-refractivity contribution is 5.77. The van der Waals surface area contributed by atoms with Crippen LogP contribution in [0.15, 0.2) is 0 Å². The predicted octanol–water partition coefficient (Wildman–Crippen LogP) is -0.332. The van der Waals surface area contributed by atoms with Crippen molar-refractivity contribution in [2.75, 3.05) is 13.7 Å². The van der Waals surface area contributed by atoms with Gasteiger partial charge in [0.05, 0.1) is 12.9 Å². The van der Waals surface area contributed by atoms with Gasteiger partial charge in [-0.05, 0) is 0 Å². The fraction of sp³-hybridized carbons (Fsp3) is 0.600. The molecule has 0 spiro atoms. The van der Waals surface area contributed by atoms with Gasteiger partial charge in [-0.15, -0.1) is 0 Å². The molecule has 5 heteroatoms. The van der Waals surface area contributed by atoms with Crippen LogP contribution in [-0.4, -0.2) is 25.6 Å². The van der Waals surface area contributed by atoms with Crippen LogP contribution in [0.25, 0.3) is 0 Å². The largest absolute Gasteiger partial charge is 0.453 e. The number of ether oxygens (including phenoxy) is 1. The second-order valence-electron chi connectivity index (χ2n) is 1.69. The zero-order chi connectivity index (χ0) is 7.98. The summed E-state index contributed by atoms with van der Waals surface area (Å²) in [5, 5.41) is 9.16. The fourth-order valence-electron chi connectivity index (χ4n) is 0.371. The van der Waals surface area contributed by atoms with E-state index < -0.39 is 6.09 Å². The lowest BCUT2D eigenvalue weighted by molar-refractivity contribution is 0.171. The number of alkyl carbamates (subject to hydrolysis) is 1. The summed E-state index contributed by atoms with van der Waals surface area (Å²) < 4.78 is 4.27. The first kappa shape index (κ1) is 8.74. The number of hydrogen-bond donors (Lipinski definition) is 3. The molecule has 10 heavy (non-hydrogen) atoms. The number of carbonyl (C=O) groups is 1. The molecule has 5 nitrogen and oxygen atoms in total. The second-order valence-corrected chi connectivity index (χ2v) is 1.69. The quantitative estimate of drug-likeness (QED) is 0.375. The Balaban J connectivity index is 3.20. The molecule has 0 heterocycles. The Bertz CT molecular complexity index is 135. The van der Waals surface area contributed by atoms with Gasteiger partial charge in [0.1, 0.15) is 0 Å². The third-order valence-electron chi connectivity index (χ3n) is 0.849. The Morgan fingerprint density at radius 1 is 1.80 bits per heavy atom. The van der Waals surface area contributed by atoms with Gasteiger partial charge in [0, 0.05) is 13.0 Å². The number of carbonyl (C=O) groups excluding carboxylic acids is 1. The molecular formula is C5H11N3O2. The van der Waals surface area contributed by atoms with Crippen LogP contribution in [0.4, 0.5) is 4.79 Å². The number of nitrogens with one attached hydrogen (secondary N) is 2. The number of nitrogens with two attached hydrogens (primary N) is 1. The van der Waals surface area contributed by atoms with E-state index in [0.29, 0.717) is 13.0 Å². The van der Waals surface area contributed by atoms with Crippen molar-refractivity contribution in [2.24, 2.45) is 5.73 Å². The van der Waals surface area contributed by atoms with Crippen molar-refractivity contribution in [1.82, 2.24) is 5.32 Å². The maximum Gasteiger partial charge on any atom is 0.406 e. The van der Waals surface area contributed by atoms with Gasteiger partial charge in [-0.1, -0.05) is 0 Å². The molecule has 0 aromatic rings. The van der Waals surface area contributed by atoms with Crippen molar-refractivity contribution in [2.45, 2.75) is 6.42 Å². The van der Waals surface area contributed by atoms with Gasteiger partial charge in [-0.2, -0.15) is 0 Å². The molecule has 0 fully saturated rings. The van der Waals surface area contributed by atoms with Crippen molar-refractivity contribution in [3.63, 3.8) is 0 Å². The highest BCUT2D eigenvalue weighted by Gasteiger charge is 1.96. The Morgan fingerprint density at radius 3 is 2.80 bits per heavy atom. The van der Waals surface area contributed by atoms with Crippen molar-refractivity contribution >= 4 is 11.9 Å². The zero-order valence-electron chi connectivity index (χ0n) is 5.81. The normalized spacial score (nSPS) is 8.50. The number of rotatable bonds is 3. The second kappa shape index (κ2) is 4.60. The molecule has 58 valence electrons. The van der Waals surface area contributed by atoms with Crippen LogP contribution in [0.1, 0.15) is 6.42 Å². The lowest BCUT2D eigenvalue weighted by Gasteiger charge is -2.00. The highest BCUT2D eigenvalue weighted by Crippen LogP contribution is 1.75. The Kier molecular flexibility index (Phi) is 4.02. The van der Waals surface area contributed by atoms with E-state index >= 15 is 0 Å². The maximum atomic E-state index is 10.3. The van der Waals surface area contributed by atoms with E-state index in [9.17, 15) is 4.79 Å². The van der Waals surface area contributed by atoms with Crippen LogP contribution in [0, 0.1) is 5.41 Å². The van der Waals surface area contributed by atoms with E-state index in [0.717, 1.165) is 0 Å². The molecule has 4 N–H and O–H groups in total. The van der Waals surface area contributed by atoms with Crippen molar-refractivity contribution in [3.05, 3.63) is 0 Å². The van der Waals surface area contributed by atoms with Crippen LogP contribution in [-0.2, 0) is 4.74 Å². The molecule has 0 bridgehead atoms. The molecule has 0 atom stereocenters. The number of amidine groups is 1. The van der Waals surface area contributed by atoms with Gasteiger partial charge < -0.3 is 15.8 Å². The lowest BCUT2D eigenvalue weighted by atomic mass is 10.4. The maximum absolute atomic E-state index is 10.3. The van der Waals surface area contributed by atoms with E-state index in [1.807, 2.05) is 0 Å². The third kappa shape index (κ3) is 4.89. The van der Waals surface area contributed by atoms with E-state index in [1.54, 1.807) is 0 Å². The molecular weight excluding hydrogens is 134 g/mol. The van der Waals surface area contributed by atoms with Crippen LogP contribution < -0.4 is 11.1 Å². The SMILES string of the molecule is COC(=O)NCCC(=N)N. The van der Waals surface area contributed by atoms with Crippen molar-refractivity contribution in [1.29, 1.82) is 5.41 Å². The van der Waals surface area contributed by atoms with Crippen LogP contribution in [0.5, 0.6) is 0 Å². The first-order chi connectivity index (χ1) is 4.66. The molecule has 0 aliphatic heterocycles. The topological polar surface area (TPSA) is 88.2 Å². The van der Waals surface area contributed by atoms with Crippen LogP contribution >= 0.6 is 0 Å². The minimum absolute atomic E-state index is 0.0522. The van der Waals surface area contributed by atoms with Crippen molar-refractivity contribution < 1.29 is 9.53 Å². The molecule has 0 radical (unpaired) electrons. The lowest BCUT2D eigenvalue weighted by Crippen LogP contribution is -2.27. The molecule has 0 aromatic carbocycles. The summed E-state index contributed by atoms with van der Waals surface area (Å²) >= 11 is 0. The van der Waals surface area contributed by atoms with Gasteiger partial charge >= 0.3 is 6.09 Å². The summed E-state index contributed by atoms with van der Waals surface area (Å²) in [6, 6.07) is 0. The van der Waals surface area contributed by atoms with Gasteiger partial charge in [-0.25, -0.2) is 4.79 Å². The fourth-order valence-corrected chi connectivity index (χ4v) is 0.371. The van der Waals surface area contributed by atoms with E-state index in [4.69, 9.17) is 11.1 Å². The van der Waals surface area contributed by atoms with E-state index in [2.05, 4.69) is 10.1 Å². The third-order valence-corrected chi connectivity index (χ3v) is 0.849. The van der Waals surface area contributed by atoms with Gasteiger partial charge in [-0.3, -0.25) is 5.41 Å². The molecule has 0 saturated carbocycles. The molecule has 0 aliphatic carbocycles. The summed E-state index contributed by atoms with van der Waals surface area (Å²) in [6.07, 6.45) is -0.143. The Labute approximate surface area is 59.0 Å². The number of methoxy groups -OCH3 is 1. The Hall–Kier alpha value is -1.26. The van der Waals surface area contributed by atoms with Gasteiger partial charge in [0.2, 0.25) is 0 Å². The predicted molar refractivity (Wildman–Crippen MR) is 36.9 cm³/mol. The average molecular weight is 145 g/mol. The molecule has 0 rings (SSSR count). The van der Waals surface area contributed by atoms with Gasteiger partial charge in [0.25, 0.3) is 0 Å². The summed E-state index contributed by atoms with van der Waals surface area (Å²) in [5.74, 6) is 0.0522. The van der Waals surface area contributed by atoms with Crippen molar-refractivity contribution in [3.8, 4) is 0 Å². The van der Waals surface area contributed by atoms with Gasteiger partial charge in [0.15, 0.2) is 0 Å². The summed E-state index contributed by atoms with van der Waals surface area (Å²) in [5.41, 5.74) is 5.01. The van der Waals surface area contributed by atoms with E-state index in [-0.39, 0.29) is 5.84 Å². The number of amides is 1. The molecule has 1 amide bonds. The summed E-state index contributed by atoms with van der Waals surface area (Å²) in [4.78, 5) is 10.3. The van der Waals surface area contributed by atoms with E-state index in [1.165, 1.54) is 7.11 Å². The first-order valence-corrected chi connectivity index (χ1v) is 2.81. The zero-order valence-corrected chi connectivity index (χ0v) is 5.81. The standard InChI is InChI=1S/C5H11N3O2/c1-10-5(9)8-3-2-4(6)7/h2-3H2,1H3,(H3,6,7)(H,8,9). The molecule has 0 aromatic heterocycles. The van der Waals surface area contributed by atoms with Crippen LogP contribution in [0.2, 0.25) is 0 Å². The minimum atomic E-state index is -0.499. The highest BCUT2D eigenvalue weighted by atomic mass is 16.5.